The van der Waals surface area contributed by atoms with Gasteiger partial charge < -0.3 is 9.14 Å². The normalized spacial score (nSPS) is 11.9. The lowest BCUT2D eigenvalue weighted by Crippen LogP contribution is -2.25. The van der Waals surface area contributed by atoms with Crippen molar-refractivity contribution in [3.63, 3.8) is 0 Å². The number of nitrogens with zero attached hydrogens (tertiary/aromatic N) is 2. The largest absolute Gasteiger partial charge is 0.497 e. The fourth-order valence-corrected chi connectivity index (χ4v) is 3.25. The van der Waals surface area contributed by atoms with Crippen LogP contribution in [-0.2, 0) is 16.4 Å². The molecule has 6 nitrogen and oxygen atoms in total. The van der Waals surface area contributed by atoms with Gasteiger partial charge in [-0.25, -0.2) is 18.1 Å². The number of aryl methyl sites for hydroxylation is 1. The van der Waals surface area contributed by atoms with Crippen LogP contribution >= 0.6 is 0 Å². The van der Waals surface area contributed by atoms with E-state index in [2.05, 4.69) is 9.71 Å². The van der Waals surface area contributed by atoms with Crippen molar-refractivity contribution >= 4 is 15.5 Å². The molecule has 0 aromatic carbocycles. The number of ether oxygens (including phenoxy) is 1. The van der Waals surface area contributed by atoms with Gasteiger partial charge in [-0.1, -0.05) is 13.8 Å². The zero-order valence-corrected chi connectivity index (χ0v) is 12.7. The highest BCUT2D eigenvalue weighted by Gasteiger charge is 2.22. The highest BCUT2D eigenvalue weighted by atomic mass is 32.2. The van der Waals surface area contributed by atoms with Crippen molar-refractivity contribution in [2.45, 2.75) is 31.7 Å². The van der Waals surface area contributed by atoms with E-state index in [1.54, 1.807) is 29.8 Å². The summed E-state index contributed by atoms with van der Waals surface area (Å²) in [6, 6.07) is 3.47. The summed E-state index contributed by atoms with van der Waals surface area (Å²) >= 11 is 0. The van der Waals surface area contributed by atoms with Crippen molar-refractivity contribution in [2.24, 2.45) is 0 Å². The standard InChI is InChI=1S/C13H19N3O3S/c1-4-7-14-20(17,18)13-11-9-10(19-3)6-8-16(11)12(5-2)15-13/h6,8-9,14H,4-5,7H2,1-3H3. The average Bonchev–Trinajstić information content (AvgIpc) is 2.83. The second-order valence-corrected chi connectivity index (χ2v) is 6.09. The van der Waals surface area contributed by atoms with Gasteiger partial charge in [-0.15, -0.1) is 0 Å². The monoisotopic (exact) mass is 297 g/mol. The number of methoxy groups -OCH3 is 1. The summed E-state index contributed by atoms with van der Waals surface area (Å²) in [4.78, 5) is 4.26. The van der Waals surface area contributed by atoms with E-state index in [1.165, 1.54) is 0 Å². The molecular weight excluding hydrogens is 278 g/mol. The summed E-state index contributed by atoms with van der Waals surface area (Å²) in [7, 11) is -2.05. The predicted octanol–water partition coefficient (Wildman–Crippen LogP) is 1.59. The van der Waals surface area contributed by atoms with Crippen LogP contribution in [0, 0.1) is 0 Å². The first kappa shape index (κ1) is 14.8. The van der Waals surface area contributed by atoms with Crippen molar-refractivity contribution in [3.8, 4) is 5.75 Å². The SMILES string of the molecule is CCCNS(=O)(=O)c1nc(CC)n2ccc(OC)cc12. The third kappa shape index (κ3) is 2.64. The maximum Gasteiger partial charge on any atom is 0.260 e. The molecule has 0 amide bonds. The van der Waals surface area contributed by atoms with Crippen LogP contribution in [-0.4, -0.2) is 31.5 Å². The summed E-state index contributed by atoms with van der Waals surface area (Å²) in [5.74, 6) is 1.31. The molecule has 0 fully saturated rings. The van der Waals surface area contributed by atoms with Crippen LogP contribution in [0.5, 0.6) is 5.75 Å². The second kappa shape index (κ2) is 5.80. The molecule has 0 atom stereocenters. The predicted molar refractivity (Wildman–Crippen MR) is 76.6 cm³/mol. The van der Waals surface area contributed by atoms with Crippen LogP contribution in [0.15, 0.2) is 23.4 Å². The number of nitrogens with one attached hydrogen (secondary N) is 1. The third-order valence-corrected chi connectivity index (χ3v) is 4.40. The minimum atomic E-state index is -3.60. The van der Waals surface area contributed by atoms with Crippen molar-refractivity contribution in [2.75, 3.05) is 13.7 Å². The van der Waals surface area contributed by atoms with Gasteiger partial charge in [0.15, 0.2) is 5.03 Å². The molecule has 110 valence electrons. The Hall–Kier alpha value is -1.60. The molecule has 0 saturated heterocycles. The first-order chi connectivity index (χ1) is 9.53. The maximum absolute atomic E-state index is 12.3. The molecule has 2 aromatic rings. The zero-order valence-electron chi connectivity index (χ0n) is 11.9. The fourth-order valence-electron chi connectivity index (χ4n) is 1.98. The summed E-state index contributed by atoms with van der Waals surface area (Å²) in [5.41, 5.74) is 0.532. The van der Waals surface area contributed by atoms with Gasteiger partial charge in [-0.3, -0.25) is 0 Å². The van der Waals surface area contributed by atoms with Gasteiger partial charge in [0.1, 0.15) is 11.6 Å². The molecule has 2 rings (SSSR count). The lowest BCUT2D eigenvalue weighted by Gasteiger charge is -2.04. The molecule has 2 aromatic heterocycles. The molecule has 20 heavy (non-hydrogen) atoms. The molecular formula is C13H19N3O3S. The van der Waals surface area contributed by atoms with Gasteiger partial charge in [0, 0.05) is 25.2 Å². The van der Waals surface area contributed by atoms with E-state index < -0.39 is 10.0 Å². The minimum Gasteiger partial charge on any atom is -0.497 e. The Morgan fingerprint density at radius 3 is 2.75 bits per heavy atom. The van der Waals surface area contributed by atoms with Gasteiger partial charge in [0.2, 0.25) is 0 Å². The topological polar surface area (TPSA) is 72.7 Å². The highest BCUT2D eigenvalue weighted by molar-refractivity contribution is 7.89. The quantitative estimate of drug-likeness (QED) is 0.879. The van der Waals surface area contributed by atoms with Gasteiger partial charge in [0.25, 0.3) is 10.0 Å². The number of pyridine rings is 1. The van der Waals surface area contributed by atoms with Crippen molar-refractivity contribution < 1.29 is 13.2 Å². The van der Waals surface area contributed by atoms with E-state index >= 15 is 0 Å². The zero-order chi connectivity index (χ0) is 14.8. The number of rotatable bonds is 6. The highest BCUT2D eigenvalue weighted by Crippen LogP contribution is 2.23. The minimum absolute atomic E-state index is 0.0571. The third-order valence-electron chi connectivity index (χ3n) is 3.00. The van der Waals surface area contributed by atoms with Crippen LogP contribution in [0.25, 0.3) is 5.52 Å². The maximum atomic E-state index is 12.3. The van der Waals surface area contributed by atoms with Gasteiger partial charge in [0.05, 0.1) is 12.6 Å². The molecule has 0 spiro atoms. The molecule has 7 heteroatoms. The number of imidazole rings is 1. The smallest absolute Gasteiger partial charge is 0.260 e. The van der Waals surface area contributed by atoms with Crippen LogP contribution in [0.1, 0.15) is 26.1 Å². The Morgan fingerprint density at radius 1 is 1.40 bits per heavy atom. The molecule has 1 N–H and O–H groups in total. The van der Waals surface area contributed by atoms with E-state index in [4.69, 9.17) is 4.74 Å². The number of fused-ring (bicyclic) bond motifs is 1. The molecule has 0 aliphatic heterocycles. The van der Waals surface area contributed by atoms with Crippen molar-refractivity contribution in [3.05, 3.63) is 24.2 Å². The summed E-state index contributed by atoms with van der Waals surface area (Å²) in [5, 5.41) is 0.0571. The van der Waals surface area contributed by atoms with Crippen LogP contribution in [0.2, 0.25) is 0 Å². The van der Waals surface area contributed by atoms with Gasteiger partial charge in [-0.2, -0.15) is 0 Å². The van der Waals surface area contributed by atoms with Crippen LogP contribution in [0.4, 0.5) is 0 Å². The van der Waals surface area contributed by atoms with Crippen LogP contribution in [0.3, 0.4) is 0 Å². The van der Waals surface area contributed by atoms with E-state index in [0.29, 0.717) is 30.1 Å². The lowest BCUT2D eigenvalue weighted by molar-refractivity contribution is 0.414. The Labute approximate surface area is 118 Å². The summed E-state index contributed by atoms with van der Waals surface area (Å²) < 4.78 is 34.1. The molecule has 0 radical (unpaired) electrons. The number of hydrogen-bond donors (Lipinski definition) is 1. The Balaban J connectivity index is 2.63. The van der Waals surface area contributed by atoms with Crippen molar-refractivity contribution in [1.82, 2.24) is 14.1 Å². The first-order valence-corrected chi connectivity index (χ1v) is 8.06. The Morgan fingerprint density at radius 2 is 2.15 bits per heavy atom. The van der Waals surface area contributed by atoms with E-state index in [1.807, 2.05) is 13.8 Å². The number of hydrogen-bond acceptors (Lipinski definition) is 4. The molecule has 0 bridgehead atoms. The van der Waals surface area contributed by atoms with Crippen LogP contribution < -0.4 is 9.46 Å². The van der Waals surface area contributed by atoms with Crippen molar-refractivity contribution in [1.29, 1.82) is 0 Å². The summed E-state index contributed by atoms with van der Waals surface area (Å²) in [6.07, 6.45) is 3.16. The summed E-state index contributed by atoms with van der Waals surface area (Å²) in [6.45, 7) is 4.25. The van der Waals surface area contributed by atoms with E-state index in [0.717, 1.165) is 6.42 Å². The molecule has 0 unspecified atom stereocenters. The average molecular weight is 297 g/mol. The molecule has 0 saturated carbocycles. The lowest BCUT2D eigenvalue weighted by atomic mass is 10.4. The number of sulfonamides is 1. The molecule has 0 aliphatic carbocycles. The molecule has 2 heterocycles. The fraction of sp³-hybridized carbons (Fsp3) is 0.462. The Bertz CT molecular complexity index is 707. The number of aromatic nitrogens is 2. The Kier molecular flexibility index (Phi) is 4.29. The van der Waals surface area contributed by atoms with Gasteiger partial charge >= 0.3 is 0 Å². The second-order valence-electron chi connectivity index (χ2n) is 4.41. The first-order valence-electron chi connectivity index (χ1n) is 6.58. The van der Waals surface area contributed by atoms with E-state index in [-0.39, 0.29) is 5.03 Å². The molecule has 0 aliphatic rings. The van der Waals surface area contributed by atoms with E-state index in [9.17, 15) is 8.42 Å². The van der Waals surface area contributed by atoms with Gasteiger partial charge in [-0.05, 0) is 12.5 Å².